The Morgan fingerprint density at radius 1 is 1.25 bits per heavy atom. The van der Waals surface area contributed by atoms with E-state index < -0.39 is 0 Å². The fourth-order valence-electron chi connectivity index (χ4n) is 2.27. The summed E-state index contributed by atoms with van der Waals surface area (Å²) >= 11 is 0. The van der Waals surface area contributed by atoms with Crippen LogP contribution < -0.4 is 10.5 Å². The van der Waals surface area contributed by atoms with Crippen LogP contribution in [-0.4, -0.2) is 37.2 Å². The monoisotopic (exact) mass is 272 g/mol. The number of ether oxygens (including phenoxy) is 1. The van der Waals surface area contributed by atoms with E-state index in [9.17, 15) is 0 Å². The minimum atomic E-state index is 0.396. The van der Waals surface area contributed by atoms with Crippen LogP contribution in [0.4, 0.5) is 0 Å². The third-order valence-corrected chi connectivity index (χ3v) is 3.41. The van der Waals surface area contributed by atoms with Gasteiger partial charge in [-0.15, -0.1) is 0 Å². The summed E-state index contributed by atoms with van der Waals surface area (Å²) in [6.07, 6.45) is 3.92. The van der Waals surface area contributed by atoms with Crippen molar-refractivity contribution in [2.75, 3.05) is 26.2 Å². The van der Waals surface area contributed by atoms with E-state index in [0.29, 0.717) is 6.54 Å². The molecule has 108 valence electrons. The fraction of sp³-hybridized carbons (Fsp3) is 0.529. The highest BCUT2D eigenvalue weighted by Crippen LogP contribution is 2.26. The van der Waals surface area contributed by atoms with Crippen molar-refractivity contribution in [2.45, 2.75) is 32.2 Å². The second kappa shape index (κ2) is 7.94. The average molecular weight is 272 g/mol. The average Bonchev–Trinajstić information content (AvgIpc) is 3.30. The second-order valence-electron chi connectivity index (χ2n) is 5.15. The molecule has 1 fully saturated rings. The lowest BCUT2D eigenvalue weighted by Crippen LogP contribution is -2.31. The minimum absolute atomic E-state index is 0.396. The molecule has 0 saturated heterocycles. The van der Waals surface area contributed by atoms with E-state index in [4.69, 9.17) is 10.5 Å². The largest absolute Gasteiger partial charge is 0.492 e. The Morgan fingerprint density at radius 3 is 2.60 bits per heavy atom. The van der Waals surface area contributed by atoms with Crippen LogP contribution in [0.15, 0.2) is 24.3 Å². The lowest BCUT2D eigenvalue weighted by atomic mass is 10.2. The summed E-state index contributed by atoms with van der Waals surface area (Å²) < 4.78 is 5.81. The number of rotatable bonds is 7. The molecule has 1 aliphatic rings. The normalized spacial score (nSPS) is 13.9. The molecule has 0 aromatic heterocycles. The topological polar surface area (TPSA) is 38.5 Å². The standard InChI is InChI=1S/C17H24N2O/c1-2-12-19(16-7-8-16)13-14-20-17-9-5-15(6-10-17)4-3-11-18/h5-6,9-10,16H,2,7-8,11-14,18H2,1H3. The van der Waals surface area contributed by atoms with Gasteiger partial charge in [0.15, 0.2) is 0 Å². The molecule has 0 amide bonds. The summed E-state index contributed by atoms with van der Waals surface area (Å²) in [6.45, 7) is 5.59. The predicted molar refractivity (Wildman–Crippen MR) is 82.8 cm³/mol. The zero-order valence-corrected chi connectivity index (χ0v) is 12.3. The molecule has 1 saturated carbocycles. The fourth-order valence-corrected chi connectivity index (χ4v) is 2.27. The third kappa shape index (κ3) is 4.88. The van der Waals surface area contributed by atoms with E-state index in [1.807, 2.05) is 24.3 Å². The van der Waals surface area contributed by atoms with Gasteiger partial charge in [0.05, 0.1) is 6.54 Å². The zero-order valence-electron chi connectivity index (χ0n) is 12.3. The van der Waals surface area contributed by atoms with Gasteiger partial charge in [-0.05, 0) is 50.1 Å². The maximum absolute atomic E-state index is 5.81. The van der Waals surface area contributed by atoms with Crippen molar-refractivity contribution in [3.05, 3.63) is 29.8 Å². The second-order valence-corrected chi connectivity index (χ2v) is 5.15. The summed E-state index contributed by atoms with van der Waals surface area (Å²) in [7, 11) is 0. The van der Waals surface area contributed by atoms with Gasteiger partial charge in [-0.25, -0.2) is 0 Å². The molecule has 2 N–H and O–H groups in total. The van der Waals surface area contributed by atoms with Gasteiger partial charge in [0, 0.05) is 18.2 Å². The SMILES string of the molecule is CCCN(CCOc1ccc(C#CCN)cc1)C1CC1. The summed E-state index contributed by atoms with van der Waals surface area (Å²) in [5, 5.41) is 0. The summed E-state index contributed by atoms with van der Waals surface area (Å²) in [5.41, 5.74) is 6.33. The van der Waals surface area contributed by atoms with Crippen LogP contribution in [0.3, 0.4) is 0 Å². The van der Waals surface area contributed by atoms with Crippen molar-refractivity contribution in [1.82, 2.24) is 4.90 Å². The van der Waals surface area contributed by atoms with Crippen LogP contribution in [0.25, 0.3) is 0 Å². The van der Waals surface area contributed by atoms with Crippen molar-refractivity contribution in [1.29, 1.82) is 0 Å². The van der Waals surface area contributed by atoms with E-state index >= 15 is 0 Å². The van der Waals surface area contributed by atoms with Crippen molar-refractivity contribution >= 4 is 0 Å². The quantitative estimate of drug-likeness (QED) is 0.774. The molecule has 1 aliphatic carbocycles. The molecule has 0 aliphatic heterocycles. The molecule has 20 heavy (non-hydrogen) atoms. The molecule has 3 nitrogen and oxygen atoms in total. The van der Waals surface area contributed by atoms with Gasteiger partial charge in [-0.1, -0.05) is 18.8 Å². The van der Waals surface area contributed by atoms with E-state index in [1.54, 1.807) is 0 Å². The van der Waals surface area contributed by atoms with E-state index in [1.165, 1.54) is 25.8 Å². The summed E-state index contributed by atoms with van der Waals surface area (Å²) in [4.78, 5) is 2.54. The van der Waals surface area contributed by atoms with Gasteiger partial charge in [0.25, 0.3) is 0 Å². The number of hydrogen-bond acceptors (Lipinski definition) is 3. The lowest BCUT2D eigenvalue weighted by Gasteiger charge is -2.21. The number of nitrogens with two attached hydrogens (primary N) is 1. The number of hydrogen-bond donors (Lipinski definition) is 1. The van der Waals surface area contributed by atoms with E-state index in [0.717, 1.165) is 30.5 Å². The Morgan fingerprint density at radius 2 is 2.00 bits per heavy atom. The van der Waals surface area contributed by atoms with Gasteiger partial charge in [-0.2, -0.15) is 0 Å². The first-order valence-electron chi connectivity index (χ1n) is 7.49. The van der Waals surface area contributed by atoms with Crippen LogP contribution in [0.1, 0.15) is 31.7 Å². The lowest BCUT2D eigenvalue weighted by molar-refractivity contribution is 0.202. The highest BCUT2D eigenvalue weighted by molar-refractivity contribution is 5.38. The summed E-state index contributed by atoms with van der Waals surface area (Å²) in [6, 6.07) is 8.71. The highest BCUT2D eigenvalue weighted by Gasteiger charge is 2.27. The molecule has 1 aromatic carbocycles. The van der Waals surface area contributed by atoms with Crippen molar-refractivity contribution in [2.24, 2.45) is 5.73 Å². The Balaban J connectivity index is 1.75. The van der Waals surface area contributed by atoms with E-state index in [2.05, 4.69) is 23.7 Å². The van der Waals surface area contributed by atoms with Gasteiger partial charge in [-0.3, -0.25) is 4.90 Å². The first-order chi connectivity index (χ1) is 9.83. The van der Waals surface area contributed by atoms with Crippen molar-refractivity contribution in [3.8, 4) is 17.6 Å². The molecular weight excluding hydrogens is 248 g/mol. The molecule has 0 atom stereocenters. The molecule has 0 radical (unpaired) electrons. The first-order valence-corrected chi connectivity index (χ1v) is 7.49. The van der Waals surface area contributed by atoms with Crippen LogP contribution >= 0.6 is 0 Å². The van der Waals surface area contributed by atoms with Crippen LogP contribution in [0, 0.1) is 11.8 Å². The number of benzene rings is 1. The molecule has 2 rings (SSSR count). The van der Waals surface area contributed by atoms with Crippen LogP contribution in [0.5, 0.6) is 5.75 Å². The Hall–Kier alpha value is -1.50. The van der Waals surface area contributed by atoms with Crippen molar-refractivity contribution in [3.63, 3.8) is 0 Å². The van der Waals surface area contributed by atoms with Gasteiger partial charge in [0.2, 0.25) is 0 Å². The molecule has 1 aromatic rings. The number of nitrogens with zero attached hydrogens (tertiary/aromatic N) is 1. The molecule has 0 spiro atoms. The maximum atomic E-state index is 5.81. The Bertz CT molecular complexity index is 454. The maximum Gasteiger partial charge on any atom is 0.119 e. The van der Waals surface area contributed by atoms with Gasteiger partial charge in [0.1, 0.15) is 12.4 Å². The third-order valence-electron chi connectivity index (χ3n) is 3.41. The molecule has 0 heterocycles. The van der Waals surface area contributed by atoms with E-state index in [-0.39, 0.29) is 0 Å². The van der Waals surface area contributed by atoms with Crippen LogP contribution in [0.2, 0.25) is 0 Å². The zero-order chi connectivity index (χ0) is 14.2. The Labute approximate surface area is 122 Å². The van der Waals surface area contributed by atoms with Gasteiger partial charge >= 0.3 is 0 Å². The summed E-state index contributed by atoms with van der Waals surface area (Å²) in [5.74, 6) is 6.77. The molecule has 0 unspecified atom stereocenters. The predicted octanol–water partition coefficient (Wildman–Crippen LogP) is 2.25. The smallest absolute Gasteiger partial charge is 0.119 e. The first kappa shape index (κ1) is 14.9. The molecule has 3 heteroatoms. The minimum Gasteiger partial charge on any atom is -0.492 e. The Kier molecular flexibility index (Phi) is 5.91. The molecular formula is C17H24N2O. The van der Waals surface area contributed by atoms with Crippen molar-refractivity contribution < 1.29 is 4.74 Å². The van der Waals surface area contributed by atoms with Gasteiger partial charge < -0.3 is 10.5 Å². The molecule has 0 bridgehead atoms. The highest BCUT2D eigenvalue weighted by atomic mass is 16.5. The van der Waals surface area contributed by atoms with Crippen LogP contribution in [-0.2, 0) is 0 Å².